The molecule has 0 saturated carbocycles. The number of hydrogen-bond acceptors (Lipinski definition) is 9. The quantitative estimate of drug-likeness (QED) is 0.455. The SMILES string of the molecule is Nc1nc(=O)n([C@@H]2O[C@@](COP3(=O)OCc4ccccc4O3)(C(F)F)C(F)(F)[C@H]2O)cc1Cl. The molecule has 0 radical (unpaired) electrons. The minimum Gasteiger partial charge on any atom is -0.404 e. The zero-order valence-electron chi connectivity index (χ0n) is 16.2. The van der Waals surface area contributed by atoms with E-state index in [1.165, 1.54) is 12.1 Å². The van der Waals surface area contributed by atoms with Gasteiger partial charge in [-0.2, -0.15) is 13.8 Å². The number of nitrogens with two attached hydrogens (primary N) is 1. The maximum Gasteiger partial charge on any atom is 0.530 e. The number of anilines is 1. The van der Waals surface area contributed by atoms with Gasteiger partial charge in [-0.3, -0.25) is 13.6 Å². The summed E-state index contributed by atoms with van der Waals surface area (Å²) < 4.78 is 90.6. The Morgan fingerprint density at radius 2 is 2.09 bits per heavy atom. The second kappa shape index (κ2) is 8.22. The normalized spacial score (nSPS) is 30.8. The van der Waals surface area contributed by atoms with Crippen LogP contribution in [0.2, 0.25) is 5.02 Å². The van der Waals surface area contributed by atoms with Crippen LogP contribution in [-0.2, 0) is 25.0 Å². The van der Waals surface area contributed by atoms with Gasteiger partial charge in [0.2, 0.25) is 5.60 Å². The molecule has 0 aliphatic carbocycles. The first-order valence-electron chi connectivity index (χ1n) is 9.13. The number of aromatic nitrogens is 2. The summed E-state index contributed by atoms with van der Waals surface area (Å²) in [4.78, 5) is 15.3. The van der Waals surface area contributed by atoms with E-state index in [0.29, 0.717) is 11.8 Å². The van der Waals surface area contributed by atoms with Gasteiger partial charge in [0.1, 0.15) is 18.2 Å². The Balaban J connectivity index is 1.65. The van der Waals surface area contributed by atoms with Crippen LogP contribution >= 0.6 is 19.4 Å². The first-order chi connectivity index (χ1) is 15.4. The number of hydrogen-bond donors (Lipinski definition) is 2. The van der Waals surface area contributed by atoms with Crippen molar-refractivity contribution >= 4 is 25.2 Å². The second-order valence-corrected chi connectivity index (χ2v) is 9.12. The highest BCUT2D eigenvalue weighted by Gasteiger charge is 2.74. The van der Waals surface area contributed by atoms with Gasteiger partial charge < -0.3 is 20.1 Å². The summed E-state index contributed by atoms with van der Waals surface area (Å²) in [6, 6.07) is 6.11. The molecule has 0 amide bonds. The predicted molar refractivity (Wildman–Crippen MR) is 103 cm³/mol. The third-order valence-electron chi connectivity index (χ3n) is 5.10. The van der Waals surface area contributed by atoms with Crippen LogP contribution in [0.25, 0.3) is 0 Å². The van der Waals surface area contributed by atoms with Crippen molar-refractivity contribution in [2.75, 3.05) is 12.3 Å². The lowest BCUT2D eigenvalue weighted by Crippen LogP contribution is -2.57. The summed E-state index contributed by atoms with van der Waals surface area (Å²) >= 11 is 5.72. The number of alkyl halides is 4. The molecule has 1 aromatic carbocycles. The van der Waals surface area contributed by atoms with E-state index in [0.717, 1.165) is 0 Å². The zero-order valence-corrected chi connectivity index (χ0v) is 17.9. The summed E-state index contributed by atoms with van der Waals surface area (Å²) in [5.74, 6) is -5.11. The molecule has 2 aliphatic rings. The number of phosphoric acid groups is 1. The average molecular weight is 516 g/mol. The van der Waals surface area contributed by atoms with Gasteiger partial charge in [-0.05, 0) is 6.07 Å². The average Bonchev–Trinajstić information content (AvgIpc) is 2.96. The van der Waals surface area contributed by atoms with Gasteiger partial charge in [0.25, 0.3) is 6.43 Å². The van der Waals surface area contributed by atoms with Crippen molar-refractivity contribution in [2.45, 2.75) is 36.9 Å². The van der Waals surface area contributed by atoms with Crippen molar-refractivity contribution in [1.29, 1.82) is 0 Å². The molecule has 1 fully saturated rings. The molecule has 0 spiro atoms. The topological polar surface area (TPSA) is 135 Å². The van der Waals surface area contributed by atoms with Crippen molar-refractivity contribution in [2.24, 2.45) is 0 Å². The highest BCUT2D eigenvalue weighted by Crippen LogP contribution is 2.58. The molecule has 180 valence electrons. The van der Waals surface area contributed by atoms with E-state index < -0.39 is 56.2 Å². The monoisotopic (exact) mass is 515 g/mol. The van der Waals surface area contributed by atoms with Crippen LogP contribution in [0.5, 0.6) is 5.75 Å². The molecule has 10 nitrogen and oxygen atoms in total. The molecule has 16 heteroatoms. The van der Waals surface area contributed by atoms with Gasteiger partial charge in [-0.15, -0.1) is 0 Å². The van der Waals surface area contributed by atoms with E-state index in [2.05, 4.69) is 4.98 Å². The minimum absolute atomic E-state index is 0.0457. The lowest BCUT2D eigenvalue weighted by atomic mass is 9.95. The number of aliphatic hydroxyl groups excluding tert-OH is 1. The number of aliphatic hydroxyl groups is 1. The van der Waals surface area contributed by atoms with E-state index in [4.69, 9.17) is 35.6 Å². The van der Waals surface area contributed by atoms with Crippen molar-refractivity contribution in [1.82, 2.24) is 9.55 Å². The molecule has 3 heterocycles. The van der Waals surface area contributed by atoms with Crippen LogP contribution in [0.4, 0.5) is 23.4 Å². The van der Waals surface area contributed by atoms with E-state index in [1.807, 2.05) is 0 Å². The molecule has 1 aromatic heterocycles. The zero-order chi connectivity index (χ0) is 24.2. The van der Waals surface area contributed by atoms with Gasteiger partial charge >= 0.3 is 19.4 Å². The van der Waals surface area contributed by atoms with Gasteiger partial charge in [-0.1, -0.05) is 29.8 Å². The largest absolute Gasteiger partial charge is 0.530 e. The second-order valence-electron chi connectivity index (χ2n) is 7.12. The number of para-hydroxylation sites is 1. The molecule has 2 aromatic rings. The summed E-state index contributed by atoms with van der Waals surface area (Å²) in [5.41, 5.74) is 0.668. The van der Waals surface area contributed by atoms with Crippen LogP contribution in [-0.4, -0.2) is 45.3 Å². The van der Waals surface area contributed by atoms with Crippen LogP contribution < -0.4 is 15.9 Å². The molecule has 33 heavy (non-hydrogen) atoms. The number of ether oxygens (including phenoxy) is 1. The maximum atomic E-state index is 15.0. The molecule has 3 N–H and O–H groups in total. The Kier molecular flexibility index (Phi) is 5.96. The first kappa shape index (κ1) is 23.9. The van der Waals surface area contributed by atoms with E-state index >= 15 is 0 Å². The Morgan fingerprint density at radius 3 is 2.79 bits per heavy atom. The van der Waals surface area contributed by atoms with Gasteiger partial charge in [0, 0.05) is 11.8 Å². The van der Waals surface area contributed by atoms with Crippen LogP contribution in [0, 0.1) is 0 Å². The van der Waals surface area contributed by atoms with Crippen molar-refractivity contribution < 1.29 is 45.5 Å². The Labute approximate surface area is 187 Å². The standard InChI is InChI=1S/C17H15ClF4N3O7P/c18-9-5-25(15(27)24-12(9)23)13-11(26)17(21,22)16(31-13,14(19)20)7-30-33(28)29-6-8-3-1-2-4-10(8)32-33/h1-5,11,13-14,26H,6-7H2,(H2,23,24,27)/t11-,13+,16-,33?/m0/s1. The maximum absolute atomic E-state index is 15.0. The lowest BCUT2D eigenvalue weighted by Gasteiger charge is -2.34. The molecule has 1 saturated heterocycles. The van der Waals surface area contributed by atoms with E-state index in [1.54, 1.807) is 12.1 Å². The first-order valence-corrected chi connectivity index (χ1v) is 11.0. The van der Waals surface area contributed by atoms with Crippen LogP contribution in [0.3, 0.4) is 0 Å². The number of benzene rings is 1. The third kappa shape index (κ3) is 3.90. The Morgan fingerprint density at radius 1 is 1.39 bits per heavy atom. The molecule has 1 unspecified atom stereocenters. The summed E-state index contributed by atoms with van der Waals surface area (Å²) in [7, 11) is -4.62. The van der Waals surface area contributed by atoms with Crippen molar-refractivity contribution in [3.05, 3.63) is 51.5 Å². The summed E-state index contributed by atoms with van der Waals surface area (Å²) in [6.45, 7) is -2.03. The molecule has 2 aliphatic heterocycles. The highest BCUT2D eigenvalue weighted by atomic mass is 35.5. The Hall–Kier alpha value is -2.22. The Bertz CT molecular complexity index is 1190. The van der Waals surface area contributed by atoms with E-state index in [-0.39, 0.29) is 21.9 Å². The number of phosphoric ester groups is 1. The van der Waals surface area contributed by atoms with Crippen molar-refractivity contribution in [3.63, 3.8) is 0 Å². The number of nitrogens with zero attached hydrogens (tertiary/aromatic N) is 2. The number of fused-ring (bicyclic) bond motifs is 1. The molecular weight excluding hydrogens is 501 g/mol. The number of rotatable bonds is 5. The van der Waals surface area contributed by atoms with Crippen LogP contribution in [0.1, 0.15) is 11.8 Å². The number of halogens is 5. The third-order valence-corrected chi connectivity index (χ3v) is 6.70. The molecule has 0 bridgehead atoms. The summed E-state index contributed by atoms with van der Waals surface area (Å²) in [5, 5.41) is 9.73. The minimum atomic E-state index is -4.70. The fraction of sp³-hybridized carbons (Fsp3) is 0.412. The fourth-order valence-electron chi connectivity index (χ4n) is 3.27. The predicted octanol–water partition coefficient (Wildman–Crippen LogP) is 2.74. The van der Waals surface area contributed by atoms with Gasteiger partial charge in [-0.25, -0.2) is 18.1 Å². The summed E-state index contributed by atoms with van der Waals surface area (Å²) in [6.07, 6.45) is -8.61. The smallest absolute Gasteiger partial charge is 0.404 e. The van der Waals surface area contributed by atoms with Crippen molar-refractivity contribution in [3.8, 4) is 5.75 Å². The van der Waals surface area contributed by atoms with Gasteiger partial charge in [0.15, 0.2) is 12.3 Å². The highest BCUT2D eigenvalue weighted by molar-refractivity contribution is 7.49. The lowest BCUT2D eigenvalue weighted by molar-refractivity contribution is -0.243. The van der Waals surface area contributed by atoms with Gasteiger partial charge in [0.05, 0.1) is 11.6 Å². The molecular formula is C17H15ClF4N3O7P. The fourth-order valence-corrected chi connectivity index (χ4v) is 4.67. The van der Waals surface area contributed by atoms with E-state index in [9.17, 15) is 32.0 Å². The number of nitrogen functional groups attached to an aromatic ring is 1. The molecule has 4 rings (SSSR count). The molecule has 4 atom stereocenters. The van der Waals surface area contributed by atoms with Crippen LogP contribution in [0.15, 0.2) is 35.3 Å².